The molecule has 0 saturated heterocycles. The van der Waals surface area contributed by atoms with Crippen LogP contribution in [0.2, 0.25) is 0 Å². The molecule has 2 N–H and O–H groups in total. The summed E-state index contributed by atoms with van der Waals surface area (Å²) in [7, 11) is 0. The lowest BCUT2D eigenvalue weighted by atomic mass is 10.2. The molecule has 2 aromatic rings. The van der Waals surface area contributed by atoms with Crippen LogP contribution in [0.1, 0.15) is 10.4 Å². The van der Waals surface area contributed by atoms with Crippen molar-refractivity contribution >= 4 is 17.3 Å². The molecule has 2 aromatic carbocycles. The topological polar surface area (TPSA) is 85.0 Å². The molecule has 0 fully saturated rings. The number of halogens is 3. The number of amides is 1. The Kier molecular flexibility index (Phi) is 4.49. The van der Waals surface area contributed by atoms with Crippen molar-refractivity contribution in [2.45, 2.75) is 6.36 Å². The number of nitrogens with two attached hydrogens (primary N) is 1. The third-order valence-electron chi connectivity index (χ3n) is 2.79. The van der Waals surface area contributed by atoms with E-state index in [2.05, 4.69) is 10.0 Å². The number of alkyl halides is 3. The number of benzene rings is 2. The molecule has 1 amide bonds. The van der Waals surface area contributed by atoms with Crippen LogP contribution in [-0.4, -0.2) is 12.3 Å². The van der Waals surface area contributed by atoms with Gasteiger partial charge in [-0.15, -0.1) is 18.1 Å². The Morgan fingerprint density at radius 3 is 1.87 bits per heavy atom. The first-order chi connectivity index (χ1) is 10.8. The van der Waals surface area contributed by atoms with Crippen LogP contribution in [0.25, 0.3) is 0 Å². The van der Waals surface area contributed by atoms with Gasteiger partial charge in [0, 0.05) is 5.56 Å². The highest BCUT2D eigenvalue weighted by molar-refractivity contribution is 5.93. The number of nitrogens with zero attached hydrogens (tertiary/aromatic N) is 2. The number of primary amides is 1. The summed E-state index contributed by atoms with van der Waals surface area (Å²) >= 11 is 0. The van der Waals surface area contributed by atoms with Crippen LogP contribution in [0, 0.1) is 4.91 Å². The Morgan fingerprint density at radius 1 is 1.00 bits per heavy atom. The Bertz CT molecular complexity index is 700. The van der Waals surface area contributed by atoms with E-state index in [9.17, 15) is 22.9 Å². The number of carbonyl (C=O) groups excluding carboxylic acids is 1. The van der Waals surface area contributed by atoms with Gasteiger partial charge >= 0.3 is 6.36 Å². The molecule has 0 aliphatic rings. The van der Waals surface area contributed by atoms with E-state index in [-0.39, 0.29) is 11.3 Å². The highest BCUT2D eigenvalue weighted by atomic mass is 19.4. The zero-order valence-electron chi connectivity index (χ0n) is 11.4. The van der Waals surface area contributed by atoms with E-state index in [1.807, 2.05) is 0 Å². The van der Waals surface area contributed by atoms with Crippen LogP contribution < -0.4 is 15.5 Å². The number of rotatable bonds is 5. The van der Waals surface area contributed by atoms with Gasteiger partial charge in [-0.05, 0) is 48.5 Å². The average Bonchev–Trinajstić information content (AvgIpc) is 2.49. The van der Waals surface area contributed by atoms with Crippen molar-refractivity contribution in [3.05, 3.63) is 59.0 Å². The van der Waals surface area contributed by atoms with Gasteiger partial charge in [0.1, 0.15) is 5.75 Å². The summed E-state index contributed by atoms with van der Waals surface area (Å²) in [5.74, 6) is -1.05. The molecule has 0 unspecified atom stereocenters. The molecule has 120 valence electrons. The minimum atomic E-state index is -4.80. The second-order valence-electron chi connectivity index (χ2n) is 4.35. The lowest BCUT2D eigenvalue weighted by Gasteiger charge is -2.16. The zero-order chi connectivity index (χ0) is 17.0. The molecule has 9 heteroatoms. The lowest BCUT2D eigenvalue weighted by molar-refractivity contribution is -0.274. The summed E-state index contributed by atoms with van der Waals surface area (Å²) < 4.78 is 40.0. The molecular weight excluding hydrogens is 315 g/mol. The van der Waals surface area contributed by atoms with Gasteiger partial charge in [0.25, 0.3) is 0 Å². The predicted octanol–water partition coefficient (Wildman–Crippen LogP) is 3.50. The summed E-state index contributed by atoms with van der Waals surface area (Å²) in [5, 5.41) is 3.76. The molecule has 0 spiro atoms. The molecule has 0 aliphatic carbocycles. The Balaban J connectivity index is 2.23. The summed E-state index contributed by atoms with van der Waals surface area (Å²) in [4.78, 5) is 22.0. The van der Waals surface area contributed by atoms with Crippen molar-refractivity contribution < 1.29 is 22.7 Å². The fraction of sp³-hybridized carbons (Fsp3) is 0.0714. The van der Waals surface area contributed by atoms with Gasteiger partial charge in [-0.25, -0.2) is 0 Å². The predicted molar refractivity (Wildman–Crippen MR) is 76.0 cm³/mol. The van der Waals surface area contributed by atoms with E-state index < -0.39 is 18.0 Å². The largest absolute Gasteiger partial charge is 0.573 e. The first-order valence-corrected chi connectivity index (χ1v) is 6.19. The van der Waals surface area contributed by atoms with Crippen LogP contribution in [0.4, 0.5) is 24.5 Å². The maximum Gasteiger partial charge on any atom is 0.573 e. The molecule has 23 heavy (non-hydrogen) atoms. The number of nitroso groups, excluding NO2 is 1. The second kappa shape index (κ2) is 6.34. The fourth-order valence-electron chi connectivity index (χ4n) is 1.80. The summed E-state index contributed by atoms with van der Waals surface area (Å²) in [6.07, 6.45) is -4.80. The minimum Gasteiger partial charge on any atom is -0.406 e. The minimum absolute atomic E-state index is 0.223. The molecule has 0 aliphatic heterocycles. The molecule has 0 saturated carbocycles. The number of hydrogen-bond donors (Lipinski definition) is 1. The van der Waals surface area contributed by atoms with E-state index in [0.29, 0.717) is 5.69 Å². The highest BCUT2D eigenvalue weighted by Gasteiger charge is 2.31. The molecule has 0 heterocycles. The lowest BCUT2D eigenvalue weighted by Crippen LogP contribution is -2.17. The van der Waals surface area contributed by atoms with E-state index >= 15 is 0 Å². The van der Waals surface area contributed by atoms with Crippen molar-refractivity contribution in [2.75, 3.05) is 5.01 Å². The van der Waals surface area contributed by atoms with Crippen molar-refractivity contribution in [1.29, 1.82) is 0 Å². The second-order valence-corrected chi connectivity index (χ2v) is 4.35. The molecule has 0 radical (unpaired) electrons. The third kappa shape index (κ3) is 4.19. The number of hydrogen-bond acceptors (Lipinski definition) is 4. The zero-order valence-corrected chi connectivity index (χ0v) is 11.4. The molecule has 6 nitrogen and oxygen atoms in total. The fourth-order valence-corrected chi connectivity index (χ4v) is 1.80. The number of carbonyl (C=O) groups is 1. The Labute approximate surface area is 128 Å². The van der Waals surface area contributed by atoms with Gasteiger partial charge in [-0.1, -0.05) is 0 Å². The quantitative estimate of drug-likeness (QED) is 0.673. The standard InChI is InChI=1S/C14H10F3N3O3/c15-14(16,17)23-12-7-5-11(6-8-12)20(19-22)10-3-1-9(2-4-10)13(18)21/h1-8H,(H2,18,21). The van der Waals surface area contributed by atoms with Crippen LogP contribution in [0.3, 0.4) is 0 Å². The van der Waals surface area contributed by atoms with Gasteiger partial charge in [0.05, 0.1) is 16.7 Å². The Hall–Kier alpha value is -3.10. The van der Waals surface area contributed by atoms with E-state index in [4.69, 9.17) is 5.73 Å². The first kappa shape index (κ1) is 16.3. The third-order valence-corrected chi connectivity index (χ3v) is 2.79. The van der Waals surface area contributed by atoms with Crippen molar-refractivity contribution in [2.24, 2.45) is 11.0 Å². The van der Waals surface area contributed by atoms with E-state index in [0.717, 1.165) is 17.1 Å². The molecule has 2 rings (SSSR count). The SMILES string of the molecule is NC(=O)c1ccc(N(N=O)c2ccc(OC(F)(F)F)cc2)cc1. The molecule has 0 atom stereocenters. The number of anilines is 2. The summed E-state index contributed by atoms with van der Waals surface area (Å²) in [5.41, 5.74) is 5.89. The van der Waals surface area contributed by atoms with Gasteiger partial charge in [0.15, 0.2) is 0 Å². The van der Waals surface area contributed by atoms with Crippen LogP contribution in [-0.2, 0) is 0 Å². The van der Waals surface area contributed by atoms with E-state index in [1.165, 1.54) is 36.4 Å². The van der Waals surface area contributed by atoms with Crippen LogP contribution in [0.5, 0.6) is 5.75 Å². The smallest absolute Gasteiger partial charge is 0.406 e. The van der Waals surface area contributed by atoms with Crippen molar-refractivity contribution in [1.82, 2.24) is 0 Å². The summed E-state index contributed by atoms with van der Waals surface area (Å²) in [6.45, 7) is 0. The van der Waals surface area contributed by atoms with Crippen LogP contribution in [0.15, 0.2) is 53.8 Å². The molecule has 0 bridgehead atoms. The Morgan fingerprint density at radius 2 is 1.48 bits per heavy atom. The first-order valence-electron chi connectivity index (χ1n) is 6.19. The maximum absolute atomic E-state index is 12.1. The normalized spacial score (nSPS) is 10.9. The summed E-state index contributed by atoms with van der Waals surface area (Å²) in [6, 6.07) is 10.3. The molecular formula is C14H10F3N3O3. The van der Waals surface area contributed by atoms with Crippen molar-refractivity contribution in [3.63, 3.8) is 0 Å². The monoisotopic (exact) mass is 325 g/mol. The average molecular weight is 325 g/mol. The van der Waals surface area contributed by atoms with Gasteiger partial charge in [-0.3, -0.25) is 4.79 Å². The van der Waals surface area contributed by atoms with Gasteiger partial charge < -0.3 is 10.5 Å². The van der Waals surface area contributed by atoms with E-state index in [1.54, 1.807) is 0 Å². The van der Waals surface area contributed by atoms with Crippen molar-refractivity contribution in [3.8, 4) is 5.75 Å². The maximum atomic E-state index is 12.1. The van der Waals surface area contributed by atoms with Crippen LogP contribution >= 0.6 is 0 Å². The molecule has 0 aromatic heterocycles. The van der Waals surface area contributed by atoms with Gasteiger partial charge in [0.2, 0.25) is 5.91 Å². The number of ether oxygens (including phenoxy) is 1. The highest BCUT2D eigenvalue weighted by Crippen LogP contribution is 2.29. The van der Waals surface area contributed by atoms with Gasteiger partial charge in [-0.2, -0.15) is 5.01 Å².